The summed E-state index contributed by atoms with van der Waals surface area (Å²) >= 11 is 1.49. The molecule has 1 aliphatic heterocycles. The van der Waals surface area contributed by atoms with Gasteiger partial charge in [0, 0.05) is 36.2 Å². The highest BCUT2D eigenvalue weighted by Gasteiger charge is 2.35. The normalized spacial score (nSPS) is 16.6. The number of carbonyl (C=O) groups is 1. The maximum Gasteiger partial charge on any atom is 0.355 e. The minimum absolute atomic E-state index is 0.305. The van der Waals surface area contributed by atoms with Crippen LogP contribution in [-0.2, 0) is 11.2 Å². The van der Waals surface area contributed by atoms with Crippen LogP contribution in [0.15, 0.2) is 23.1 Å². The van der Waals surface area contributed by atoms with E-state index in [1.54, 1.807) is 6.07 Å². The Morgan fingerprint density at radius 1 is 1.53 bits per heavy atom. The number of carbonyl (C=O) groups excluding carboxylic acids is 1. The van der Waals surface area contributed by atoms with Crippen LogP contribution >= 0.6 is 11.8 Å². The third kappa shape index (κ3) is 1.63. The summed E-state index contributed by atoms with van der Waals surface area (Å²) < 4.78 is 5.19. The lowest BCUT2D eigenvalue weighted by atomic mass is 10.1. The Morgan fingerprint density at radius 3 is 3.12 bits per heavy atom. The Balaban J connectivity index is 2.05. The lowest BCUT2D eigenvalue weighted by molar-refractivity contribution is -0.131. The smallest absolute Gasteiger partial charge is 0.355 e. The number of ether oxygens (including phenoxy) is 1. The lowest BCUT2D eigenvalue weighted by Gasteiger charge is -2.07. The first-order valence-corrected chi connectivity index (χ1v) is 6.02. The van der Waals surface area contributed by atoms with Gasteiger partial charge in [-0.2, -0.15) is 0 Å². The van der Waals surface area contributed by atoms with Crippen LogP contribution in [0.3, 0.4) is 0 Å². The van der Waals surface area contributed by atoms with Gasteiger partial charge in [-0.3, -0.25) is 10.5 Å². The molecule has 0 amide bonds. The van der Waals surface area contributed by atoms with Gasteiger partial charge in [-0.1, -0.05) is 6.07 Å². The van der Waals surface area contributed by atoms with Crippen molar-refractivity contribution in [1.82, 2.24) is 4.99 Å². The van der Waals surface area contributed by atoms with Crippen LogP contribution in [-0.4, -0.2) is 11.1 Å². The van der Waals surface area contributed by atoms with Crippen LogP contribution < -0.4 is 15.5 Å². The second-order valence-electron chi connectivity index (χ2n) is 3.88. The quantitative estimate of drug-likeness (QED) is 0.598. The molecule has 2 N–H and O–H groups in total. The van der Waals surface area contributed by atoms with Crippen molar-refractivity contribution in [3.63, 3.8) is 0 Å². The second-order valence-corrected chi connectivity index (χ2v) is 4.99. The molecule has 1 aromatic rings. The number of nitrogens with two attached hydrogens (primary N) is 1. The maximum atomic E-state index is 11.0. The molecule has 1 aliphatic carbocycles. The van der Waals surface area contributed by atoms with Crippen molar-refractivity contribution in [2.45, 2.75) is 13.3 Å². The molecule has 0 atom stereocenters. The number of benzene rings is 1. The molecule has 2 aliphatic rings. The molecular weight excluding hydrogens is 236 g/mol. The minimum Gasteiger partial charge on any atom is -0.426 e. The molecule has 0 spiro atoms. The fraction of sp³-hybridized carbons (Fsp3) is 0.167. The predicted octanol–water partition coefficient (Wildman–Crippen LogP) is 1.23. The fourth-order valence-corrected chi connectivity index (χ4v) is 2.94. The standard InChI is InChI=1S/C12H10N2O2S/c1-6(15)16-9-4-2-3-7-8(9)5-10-11(7)14-12(13)17-10/h2-4H,5,13H2,1H3/q+1. The molecule has 0 aromatic heterocycles. The number of hydrogen-bond acceptors (Lipinski definition) is 5. The van der Waals surface area contributed by atoms with Crippen molar-refractivity contribution in [2.24, 2.45) is 5.73 Å². The van der Waals surface area contributed by atoms with Gasteiger partial charge in [0.05, 0.1) is 4.91 Å². The van der Waals surface area contributed by atoms with Crippen molar-refractivity contribution in [1.29, 1.82) is 0 Å². The van der Waals surface area contributed by atoms with Crippen LogP contribution in [0.5, 0.6) is 5.75 Å². The molecule has 3 rings (SSSR count). The number of thioether (sulfide) groups is 1. The Kier molecular flexibility index (Phi) is 2.22. The Labute approximate surface area is 103 Å². The van der Waals surface area contributed by atoms with Gasteiger partial charge in [-0.15, -0.1) is 0 Å². The monoisotopic (exact) mass is 246 g/mol. The summed E-state index contributed by atoms with van der Waals surface area (Å²) in [6.45, 7) is 1.40. The first-order valence-electron chi connectivity index (χ1n) is 5.21. The number of amidine groups is 1. The molecule has 0 bridgehead atoms. The number of esters is 1. The van der Waals surface area contributed by atoms with E-state index < -0.39 is 0 Å². The Hall–Kier alpha value is -1.75. The molecule has 0 saturated heterocycles. The molecule has 85 valence electrons. The van der Waals surface area contributed by atoms with E-state index in [1.807, 2.05) is 12.1 Å². The topological polar surface area (TPSA) is 66.4 Å². The second kappa shape index (κ2) is 3.63. The van der Waals surface area contributed by atoms with Gasteiger partial charge in [0.15, 0.2) is 5.70 Å². The highest BCUT2D eigenvalue weighted by molar-refractivity contribution is 8.17. The van der Waals surface area contributed by atoms with Gasteiger partial charge in [0.1, 0.15) is 5.75 Å². The van der Waals surface area contributed by atoms with Crippen LogP contribution in [0.1, 0.15) is 18.1 Å². The Bertz CT molecular complexity index is 590. The number of hydrogen-bond donors (Lipinski definition) is 1. The summed E-state index contributed by atoms with van der Waals surface area (Å²) in [5.74, 6) is 0.319. The van der Waals surface area contributed by atoms with E-state index in [0.29, 0.717) is 10.9 Å². The lowest BCUT2D eigenvalue weighted by Crippen LogP contribution is -2.10. The zero-order chi connectivity index (χ0) is 12.0. The SMILES string of the molecule is CC(=O)Oc1cccc2c1CC1=C2[N+]=C(N)S1. The van der Waals surface area contributed by atoms with Crippen molar-refractivity contribution in [2.75, 3.05) is 0 Å². The molecule has 5 heteroatoms. The minimum atomic E-state index is -0.305. The van der Waals surface area contributed by atoms with Gasteiger partial charge in [-0.25, -0.2) is 0 Å². The highest BCUT2D eigenvalue weighted by atomic mass is 32.2. The van der Waals surface area contributed by atoms with Gasteiger partial charge >= 0.3 is 11.1 Å². The van der Waals surface area contributed by atoms with E-state index in [4.69, 9.17) is 10.5 Å². The molecular formula is C12H10N2O2S+. The van der Waals surface area contributed by atoms with Crippen molar-refractivity contribution < 1.29 is 9.53 Å². The van der Waals surface area contributed by atoms with Crippen molar-refractivity contribution in [3.8, 4) is 5.75 Å². The zero-order valence-electron chi connectivity index (χ0n) is 9.19. The third-order valence-electron chi connectivity index (χ3n) is 2.69. The molecule has 1 aromatic carbocycles. The van der Waals surface area contributed by atoms with Crippen molar-refractivity contribution >= 4 is 28.6 Å². The molecule has 17 heavy (non-hydrogen) atoms. The summed E-state index contributed by atoms with van der Waals surface area (Å²) in [6.07, 6.45) is 0.739. The van der Waals surface area contributed by atoms with Crippen LogP contribution in [0, 0.1) is 0 Å². The first-order chi connectivity index (χ1) is 8.15. The number of aliphatic imine (C=N–C) groups is 1. The summed E-state index contributed by atoms with van der Waals surface area (Å²) in [4.78, 5) is 16.5. The molecule has 0 fully saturated rings. The van der Waals surface area contributed by atoms with Crippen LogP contribution in [0.25, 0.3) is 5.70 Å². The maximum absolute atomic E-state index is 11.0. The molecule has 4 nitrogen and oxygen atoms in total. The average molecular weight is 246 g/mol. The predicted molar refractivity (Wildman–Crippen MR) is 67.3 cm³/mol. The largest absolute Gasteiger partial charge is 0.426 e. The fourth-order valence-electron chi connectivity index (χ4n) is 2.08. The van der Waals surface area contributed by atoms with E-state index in [1.165, 1.54) is 18.7 Å². The summed E-state index contributed by atoms with van der Waals surface area (Å²) in [6, 6.07) is 5.65. The van der Waals surface area contributed by atoms with E-state index in [2.05, 4.69) is 4.99 Å². The summed E-state index contributed by atoms with van der Waals surface area (Å²) in [5, 5.41) is 0.582. The average Bonchev–Trinajstić information content (AvgIpc) is 2.74. The molecule has 1 heterocycles. The summed E-state index contributed by atoms with van der Waals surface area (Å²) in [7, 11) is 0. The number of allylic oxidation sites excluding steroid dienone is 1. The van der Waals surface area contributed by atoms with Crippen LogP contribution in [0.4, 0.5) is 0 Å². The first kappa shape index (κ1) is 10.4. The van der Waals surface area contributed by atoms with Crippen LogP contribution in [0.2, 0.25) is 0 Å². The molecule has 1 radical (unpaired) electrons. The zero-order valence-corrected chi connectivity index (χ0v) is 10.0. The molecule has 0 unspecified atom stereocenters. The van der Waals surface area contributed by atoms with Gasteiger partial charge in [0.25, 0.3) is 0 Å². The number of fused-ring (bicyclic) bond motifs is 2. The van der Waals surface area contributed by atoms with Gasteiger partial charge < -0.3 is 4.74 Å². The Morgan fingerprint density at radius 2 is 2.35 bits per heavy atom. The number of nitrogens with zero attached hydrogens (tertiary/aromatic N) is 1. The third-order valence-corrected chi connectivity index (χ3v) is 3.58. The summed E-state index contributed by atoms with van der Waals surface area (Å²) in [5.41, 5.74) is 8.66. The molecule has 0 saturated carbocycles. The van der Waals surface area contributed by atoms with E-state index in [9.17, 15) is 4.79 Å². The highest BCUT2D eigenvalue weighted by Crippen LogP contribution is 2.43. The number of rotatable bonds is 1. The van der Waals surface area contributed by atoms with Gasteiger partial charge in [0.2, 0.25) is 0 Å². The van der Waals surface area contributed by atoms with E-state index >= 15 is 0 Å². The van der Waals surface area contributed by atoms with Gasteiger partial charge in [-0.05, 0) is 17.1 Å². The van der Waals surface area contributed by atoms with Crippen molar-refractivity contribution in [3.05, 3.63) is 34.2 Å². The van der Waals surface area contributed by atoms with E-state index in [0.717, 1.165) is 28.1 Å². The van der Waals surface area contributed by atoms with E-state index in [-0.39, 0.29) is 5.97 Å².